The van der Waals surface area contributed by atoms with E-state index in [0.29, 0.717) is 0 Å². The van der Waals surface area contributed by atoms with Crippen molar-refractivity contribution in [3.63, 3.8) is 0 Å². The number of ether oxygens (including phenoxy) is 1. The molecule has 0 saturated carbocycles. The standard InChI is InChI=1S/C10H9N3O2/c14-10(13-8-11-7-12-13)15-6-9-4-2-1-3-5-9/h1-5,7-8H,6H2. The lowest BCUT2D eigenvalue weighted by atomic mass is 10.2. The van der Waals surface area contributed by atoms with Crippen molar-refractivity contribution >= 4 is 6.09 Å². The predicted molar refractivity (Wildman–Crippen MR) is 52.0 cm³/mol. The highest BCUT2D eigenvalue weighted by molar-refractivity contribution is 5.68. The summed E-state index contributed by atoms with van der Waals surface area (Å²) in [4.78, 5) is 15.0. The zero-order valence-electron chi connectivity index (χ0n) is 7.91. The molecule has 76 valence electrons. The molecule has 1 aromatic carbocycles. The number of nitrogens with zero attached hydrogens (tertiary/aromatic N) is 3. The third-order valence-corrected chi connectivity index (χ3v) is 1.81. The molecule has 0 aliphatic carbocycles. The van der Waals surface area contributed by atoms with Gasteiger partial charge in [0.05, 0.1) is 0 Å². The molecule has 1 heterocycles. The van der Waals surface area contributed by atoms with Crippen molar-refractivity contribution in [2.75, 3.05) is 0 Å². The molecule has 0 aliphatic rings. The van der Waals surface area contributed by atoms with Crippen LogP contribution in [-0.2, 0) is 11.3 Å². The number of rotatable bonds is 2. The number of hydrogen-bond acceptors (Lipinski definition) is 4. The molecular weight excluding hydrogens is 194 g/mol. The number of carbonyl (C=O) groups is 1. The van der Waals surface area contributed by atoms with Crippen molar-refractivity contribution in [1.82, 2.24) is 14.8 Å². The Labute approximate surface area is 86.3 Å². The van der Waals surface area contributed by atoms with E-state index in [1.54, 1.807) is 0 Å². The summed E-state index contributed by atoms with van der Waals surface area (Å²) in [6.45, 7) is 0.236. The molecule has 0 N–H and O–H groups in total. The molecule has 0 radical (unpaired) electrons. The molecule has 2 rings (SSSR count). The number of carbonyl (C=O) groups excluding carboxylic acids is 1. The van der Waals surface area contributed by atoms with Gasteiger partial charge in [0.25, 0.3) is 0 Å². The lowest BCUT2D eigenvalue weighted by molar-refractivity contribution is 0.137. The first-order valence-electron chi connectivity index (χ1n) is 4.42. The summed E-state index contributed by atoms with van der Waals surface area (Å²) in [5.41, 5.74) is 0.936. The van der Waals surface area contributed by atoms with Crippen molar-refractivity contribution < 1.29 is 9.53 Å². The topological polar surface area (TPSA) is 57.0 Å². The van der Waals surface area contributed by atoms with Crippen molar-refractivity contribution in [2.45, 2.75) is 6.61 Å². The Morgan fingerprint density at radius 3 is 2.80 bits per heavy atom. The SMILES string of the molecule is O=C(OCc1ccccc1)n1cncn1. The van der Waals surface area contributed by atoms with Gasteiger partial charge in [0.15, 0.2) is 0 Å². The van der Waals surface area contributed by atoms with Gasteiger partial charge in [-0.25, -0.2) is 9.78 Å². The van der Waals surface area contributed by atoms with Crippen LogP contribution >= 0.6 is 0 Å². The van der Waals surface area contributed by atoms with Gasteiger partial charge in [-0.05, 0) is 5.56 Å². The average molecular weight is 203 g/mol. The summed E-state index contributed by atoms with van der Waals surface area (Å²) in [6, 6.07) is 9.45. The monoisotopic (exact) mass is 203 g/mol. The van der Waals surface area contributed by atoms with Crippen molar-refractivity contribution in [1.29, 1.82) is 0 Å². The molecule has 0 saturated heterocycles. The highest BCUT2D eigenvalue weighted by Crippen LogP contribution is 2.01. The Bertz CT molecular complexity index is 425. The minimum atomic E-state index is -0.531. The van der Waals surface area contributed by atoms with Gasteiger partial charge in [-0.1, -0.05) is 30.3 Å². The minimum Gasteiger partial charge on any atom is -0.443 e. The van der Waals surface area contributed by atoms with Crippen molar-refractivity contribution in [3.05, 3.63) is 48.5 Å². The Balaban J connectivity index is 1.92. The van der Waals surface area contributed by atoms with E-state index >= 15 is 0 Å². The minimum absolute atomic E-state index is 0.236. The van der Waals surface area contributed by atoms with Gasteiger partial charge in [-0.2, -0.15) is 4.68 Å². The Hall–Kier alpha value is -2.17. The zero-order chi connectivity index (χ0) is 10.5. The van der Waals surface area contributed by atoms with Crippen LogP contribution in [0.15, 0.2) is 43.0 Å². The highest BCUT2D eigenvalue weighted by Gasteiger charge is 2.05. The number of aromatic nitrogens is 3. The van der Waals surface area contributed by atoms with Gasteiger partial charge in [-0.15, -0.1) is 5.10 Å². The van der Waals surface area contributed by atoms with E-state index in [1.807, 2.05) is 30.3 Å². The maximum Gasteiger partial charge on any atom is 0.436 e. The summed E-state index contributed by atoms with van der Waals surface area (Å²) in [7, 11) is 0. The molecular formula is C10H9N3O2. The lowest BCUT2D eigenvalue weighted by Crippen LogP contribution is -2.13. The number of hydrogen-bond donors (Lipinski definition) is 0. The first-order valence-corrected chi connectivity index (χ1v) is 4.42. The van der Waals surface area contributed by atoms with Gasteiger partial charge in [0.2, 0.25) is 0 Å². The van der Waals surface area contributed by atoms with E-state index in [4.69, 9.17) is 4.74 Å². The van der Waals surface area contributed by atoms with Crippen molar-refractivity contribution in [2.24, 2.45) is 0 Å². The molecule has 5 nitrogen and oxygen atoms in total. The first kappa shape index (κ1) is 9.39. The quantitative estimate of drug-likeness (QED) is 0.741. The molecule has 0 aliphatic heterocycles. The van der Waals surface area contributed by atoms with E-state index in [-0.39, 0.29) is 6.61 Å². The summed E-state index contributed by atoms with van der Waals surface area (Å²) >= 11 is 0. The Kier molecular flexibility index (Phi) is 2.73. The van der Waals surface area contributed by atoms with Crippen LogP contribution in [0.3, 0.4) is 0 Å². The fourth-order valence-corrected chi connectivity index (χ4v) is 1.09. The molecule has 0 amide bonds. The van der Waals surface area contributed by atoms with E-state index in [9.17, 15) is 4.79 Å². The first-order chi connectivity index (χ1) is 7.36. The molecule has 15 heavy (non-hydrogen) atoms. The van der Waals surface area contributed by atoms with Gasteiger partial charge in [0.1, 0.15) is 19.3 Å². The van der Waals surface area contributed by atoms with Gasteiger partial charge in [-0.3, -0.25) is 0 Å². The van der Waals surface area contributed by atoms with Crippen LogP contribution in [0.2, 0.25) is 0 Å². The van der Waals surface area contributed by atoms with Crippen LogP contribution < -0.4 is 0 Å². The molecule has 5 heteroatoms. The zero-order valence-corrected chi connectivity index (χ0v) is 7.91. The second kappa shape index (κ2) is 4.36. The van der Waals surface area contributed by atoms with E-state index in [2.05, 4.69) is 10.1 Å². The Morgan fingerprint density at radius 2 is 2.13 bits per heavy atom. The van der Waals surface area contributed by atoms with E-state index in [0.717, 1.165) is 10.2 Å². The van der Waals surface area contributed by atoms with Crippen molar-refractivity contribution in [3.8, 4) is 0 Å². The van der Waals surface area contributed by atoms with E-state index < -0.39 is 6.09 Å². The maximum atomic E-state index is 11.3. The summed E-state index contributed by atoms with van der Waals surface area (Å²) < 4.78 is 6.04. The fraction of sp³-hybridized carbons (Fsp3) is 0.100. The van der Waals surface area contributed by atoms with Crippen LogP contribution in [0.1, 0.15) is 5.56 Å². The third-order valence-electron chi connectivity index (χ3n) is 1.81. The smallest absolute Gasteiger partial charge is 0.436 e. The van der Waals surface area contributed by atoms with Crippen LogP contribution in [0, 0.1) is 0 Å². The van der Waals surface area contributed by atoms with Crippen LogP contribution in [0.25, 0.3) is 0 Å². The van der Waals surface area contributed by atoms with Crippen LogP contribution in [0.5, 0.6) is 0 Å². The molecule has 0 spiro atoms. The molecule has 2 aromatic rings. The third kappa shape index (κ3) is 2.40. The highest BCUT2D eigenvalue weighted by atomic mass is 16.6. The molecule has 0 fully saturated rings. The summed E-state index contributed by atoms with van der Waals surface area (Å²) in [5.74, 6) is 0. The van der Waals surface area contributed by atoms with Crippen LogP contribution in [-0.4, -0.2) is 20.9 Å². The van der Waals surface area contributed by atoms with E-state index in [1.165, 1.54) is 12.7 Å². The maximum absolute atomic E-state index is 11.3. The lowest BCUT2D eigenvalue weighted by Gasteiger charge is -2.03. The average Bonchev–Trinajstić information content (AvgIpc) is 2.81. The normalized spacial score (nSPS) is 9.87. The molecule has 0 unspecified atom stereocenters. The molecule has 0 atom stereocenters. The summed E-state index contributed by atoms with van der Waals surface area (Å²) in [6.07, 6.45) is 2.05. The van der Waals surface area contributed by atoms with Gasteiger partial charge < -0.3 is 4.74 Å². The number of benzene rings is 1. The predicted octanol–water partition coefficient (Wildman–Crippen LogP) is 1.46. The van der Waals surface area contributed by atoms with Crippen LogP contribution in [0.4, 0.5) is 4.79 Å². The largest absolute Gasteiger partial charge is 0.443 e. The fourth-order valence-electron chi connectivity index (χ4n) is 1.09. The Morgan fingerprint density at radius 1 is 1.33 bits per heavy atom. The molecule has 1 aromatic heterocycles. The summed E-state index contributed by atoms with van der Waals surface area (Å²) in [5, 5.41) is 3.66. The molecule has 0 bridgehead atoms. The second-order valence-corrected chi connectivity index (χ2v) is 2.88. The van der Waals surface area contributed by atoms with Gasteiger partial charge >= 0.3 is 6.09 Å². The second-order valence-electron chi connectivity index (χ2n) is 2.88. The van der Waals surface area contributed by atoms with Gasteiger partial charge in [0, 0.05) is 0 Å².